The van der Waals surface area contributed by atoms with E-state index in [1.165, 1.54) is 0 Å². The van der Waals surface area contributed by atoms with E-state index in [1.54, 1.807) is 4.90 Å². The zero-order chi connectivity index (χ0) is 18.6. The largest absolute Gasteiger partial charge is 0.492 e. The van der Waals surface area contributed by atoms with Gasteiger partial charge in [0.25, 0.3) is 0 Å². The monoisotopic (exact) mass is 359 g/mol. The number of hydrogen-bond donors (Lipinski definition) is 2. The zero-order valence-corrected chi connectivity index (χ0v) is 15.4. The SMILES string of the molecule is CC1(N)CCCCC1C(=O)NC1CC(=O)N(CCOc2ccccc2)C1. The van der Waals surface area contributed by atoms with E-state index in [9.17, 15) is 9.59 Å². The minimum Gasteiger partial charge on any atom is -0.492 e. The van der Waals surface area contributed by atoms with Gasteiger partial charge in [-0.2, -0.15) is 0 Å². The van der Waals surface area contributed by atoms with Gasteiger partial charge in [-0.3, -0.25) is 9.59 Å². The molecule has 1 aliphatic carbocycles. The molecule has 3 atom stereocenters. The molecule has 1 aliphatic heterocycles. The Labute approximate surface area is 155 Å². The van der Waals surface area contributed by atoms with Crippen LogP contribution in [0.3, 0.4) is 0 Å². The molecule has 1 aromatic rings. The lowest BCUT2D eigenvalue weighted by Crippen LogP contribution is -2.54. The molecule has 26 heavy (non-hydrogen) atoms. The van der Waals surface area contributed by atoms with Crippen molar-refractivity contribution < 1.29 is 14.3 Å². The van der Waals surface area contributed by atoms with Gasteiger partial charge in [0.1, 0.15) is 12.4 Å². The second-order valence-corrected chi connectivity index (χ2v) is 7.72. The predicted octanol–water partition coefficient (Wildman–Crippen LogP) is 1.69. The topological polar surface area (TPSA) is 84.7 Å². The van der Waals surface area contributed by atoms with Gasteiger partial charge in [0.05, 0.1) is 18.5 Å². The van der Waals surface area contributed by atoms with Crippen molar-refractivity contribution in [3.63, 3.8) is 0 Å². The molecule has 6 heteroatoms. The van der Waals surface area contributed by atoms with Gasteiger partial charge in [-0.25, -0.2) is 0 Å². The van der Waals surface area contributed by atoms with Gasteiger partial charge < -0.3 is 20.7 Å². The fourth-order valence-corrected chi connectivity index (χ4v) is 3.97. The molecule has 3 unspecified atom stereocenters. The Morgan fingerprint density at radius 3 is 2.85 bits per heavy atom. The highest BCUT2D eigenvalue weighted by Gasteiger charge is 2.39. The maximum atomic E-state index is 12.6. The average Bonchev–Trinajstić information content (AvgIpc) is 2.94. The van der Waals surface area contributed by atoms with Crippen molar-refractivity contribution in [1.29, 1.82) is 0 Å². The Hall–Kier alpha value is -2.08. The highest BCUT2D eigenvalue weighted by Crippen LogP contribution is 2.32. The van der Waals surface area contributed by atoms with E-state index in [-0.39, 0.29) is 23.8 Å². The molecule has 3 N–H and O–H groups in total. The van der Waals surface area contributed by atoms with Crippen LogP contribution in [0.2, 0.25) is 0 Å². The fourth-order valence-electron chi connectivity index (χ4n) is 3.97. The summed E-state index contributed by atoms with van der Waals surface area (Å²) >= 11 is 0. The number of para-hydroxylation sites is 1. The van der Waals surface area contributed by atoms with Crippen LogP contribution in [0.15, 0.2) is 30.3 Å². The van der Waals surface area contributed by atoms with E-state index in [1.807, 2.05) is 37.3 Å². The third-order valence-corrected chi connectivity index (χ3v) is 5.50. The molecule has 0 bridgehead atoms. The fraction of sp³-hybridized carbons (Fsp3) is 0.600. The molecule has 3 rings (SSSR count). The Bertz CT molecular complexity index is 632. The second-order valence-electron chi connectivity index (χ2n) is 7.72. The van der Waals surface area contributed by atoms with Gasteiger partial charge in [-0.1, -0.05) is 31.0 Å². The minimum atomic E-state index is -0.450. The second kappa shape index (κ2) is 8.08. The first-order valence-corrected chi connectivity index (χ1v) is 9.50. The molecule has 1 aromatic carbocycles. The highest BCUT2D eigenvalue weighted by atomic mass is 16.5. The smallest absolute Gasteiger partial charge is 0.225 e. The summed E-state index contributed by atoms with van der Waals surface area (Å²) in [6.07, 6.45) is 4.17. The molecule has 1 saturated carbocycles. The first-order chi connectivity index (χ1) is 12.5. The Morgan fingerprint density at radius 2 is 2.12 bits per heavy atom. The van der Waals surface area contributed by atoms with Crippen molar-refractivity contribution in [2.45, 2.75) is 50.6 Å². The number of carbonyl (C=O) groups is 2. The molecule has 2 fully saturated rings. The van der Waals surface area contributed by atoms with Gasteiger partial charge >= 0.3 is 0 Å². The molecule has 1 heterocycles. The Balaban J connectivity index is 1.46. The van der Waals surface area contributed by atoms with Crippen LogP contribution >= 0.6 is 0 Å². The first kappa shape index (κ1) is 18.7. The van der Waals surface area contributed by atoms with Crippen molar-refractivity contribution in [2.75, 3.05) is 19.7 Å². The number of nitrogens with one attached hydrogen (secondary N) is 1. The van der Waals surface area contributed by atoms with Crippen LogP contribution in [0.25, 0.3) is 0 Å². The normalized spacial score (nSPS) is 28.8. The number of hydrogen-bond acceptors (Lipinski definition) is 4. The van der Waals surface area contributed by atoms with Crippen molar-refractivity contribution in [1.82, 2.24) is 10.2 Å². The van der Waals surface area contributed by atoms with Crippen LogP contribution < -0.4 is 15.8 Å². The van der Waals surface area contributed by atoms with E-state index < -0.39 is 5.54 Å². The number of amides is 2. The number of benzene rings is 1. The van der Waals surface area contributed by atoms with Crippen molar-refractivity contribution >= 4 is 11.8 Å². The third-order valence-electron chi connectivity index (χ3n) is 5.50. The Morgan fingerprint density at radius 1 is 1.35 bits per heavy atom. The lowest BCUT2D eigenvalue weighted by Gasteiger charge is -2.37. The molecule has 1 saturated heterocycles. The standard InChI is InChI=1S/C20H29N3O3/c1-20(21)10-6-5-9-17(20)19(25)22-15-13-18(24)23(14-15)11-12-26-16-7-3-2-4-8-16/h2-4,7-8,15,17H,5-6,9-14,21H2,1H3,(H,22,25). The van der Waals surface area contributed by atoms with E-state index in [0.717, 1.165) is 31.4 Å². The van der Waals surface area contributed by atoms with Crippen LogP contribution in [-0.2, 0) is 9.59 Å². The van der Waals surface area contributed by atoms with Gasteiger partial charge in [-0.15, -0.1) is 0 Å². The van der Waals surface area contributed by atoms with E-state index in [2.05, 4.69) is 5.32 Å². The number of ether oxygens (including phenoxy) is 1. The highest BCUT2D eigenvalue weighted by molar-refractivity contribution is 5.84. The van der Waals surface area contributed by atoms with Crippen LogP contribution in [0, 0.1) is 5.92 Å². The third kappa shape index (κ3) is 4.55. The summed E-state index contributed by atoms with van der Waals surface area (Å²) in [5.74, 6) is 0.686. The number of rotatable bonds is 6. The number of carbonyl (C=O) groups excluding carboxylic acids is 2. The van der Waals surface area contributed by atoms with Crippen molar-refractivity contribution in [3.05, 3.63) is 30.3 Å². The van der Waals surface area contributed by atoms with Crippen molar-refractivity contribution in [3.8, 4) is 5.75 Å². The maximum Gasteiger partial charge on any atom is 0.225 e. The lowest BCUT2D eigenvalue weighted by atomic mass is 9.74. The van der Waals surface area contributed by atoms with Gasteiger partial charge in [0.2, 0.25) is 11.8 Å². The number of nitrogens with two attached hydrogens (primary N) is 1. The van der Waals surface area contributed by atoms with Crippen molar-refractivity contribution in [2.24, 2.45) is 11.7 Å². The predicted molar refractivity (Wildman–Crippen MR) is 99.6 cm³/mol. The molecular weight excluding hydrogens is 330 g/mol. The first-order valence-electron chi connectivity index (χ1n) is 9.50. The van der Waals surface area contributed by atoms with E-state index in [0.29, 0.717) is 26.1 Å². The van der Waals surface area contributed by atoms with Gasteiger partial charge in [0, 0.05) is 18.5 Å². The molecule has 2 aliphatic rings. The Kier molecular flexibility index (Phi) is 5.81. The summed E-state index contributed by atoms with van der Waals surface area (Å²) < 4.78 is 5.66. The summed E-state index contributed by atoms with van der Waals surface area (Å²) in [5, 5.41) is 3.05. The molecular formula is C20H29N3O3. The van der Waals surface area contributed by atoms with Crippen LogP contribution in [0.1, 0.15) is 39.0 Å². The molecule has 142 valence electrons. The molecule has 0 aromatic heterocycles. The minimum absolute atomic E-state index is 0.00474. The summed E-state index contributed by atoms with van der Waals surface area (Å²) in [7, 11) is 0. The van der Waals surface area contributed by atoms with Crippen LogP contribution in [-0.4, -0.2) is 48.0 Å². The molecule has 6 nitrogen and oxygen atoms in total. The van der Waals surface area contributed by atoms with E-state index in [4.69, 9.17) is 10.5 Å². The van der Waals surface area contributed by atoms with Crippen LogP contribution in [0.5, 0.6) is 5.75 Å². The molecule has 0 radical (unpaired) electrons. The van der Waals surface area contributed by atoms with Gasteiger partial charge in [0.15, 0.2) is 0 Å². The zero-order valence-electron chi connectivity index (χ0n) is 15.4. The van der Waals surface area contributed by atoms with E-state index >= 15 is 0 Å². The molecule has 0 spiro atoms. The quantitative estimate of drug-likeness (QED) is 0.809. The number of nitrogens with zero attached hydrogens (tertiary/aromatic N) is 1. The van der Waals surface area contributed by atoms with Crippen LogP contribution in [0.4, 0.5) is 0 Å². The summed E-state index contributed by atoms with van der Waals surface area (Å²) in [5.41, 5.74) is 5.87. The summed E-state index contributed by atoms with van der Waals surface area (Å²) in [6.45, 7) is 3.47. The summed E-state index contributed by atoms with van der Waals surface area (Å²) in [6, 6.07) is 9.41. The maximum absolute atomic E-state index is 12.6. The molecule has 2 amide bonds. The number of likely N-dealkylation sites (tertiary alicyclic amines) is 1. The van der Waals surface area contributed by atoms with Gasteiger partial charge in [-0.05, 0) is 31.9 Å². The average molecular weight is 359 g/mol. The summed E-state index contributed by atoms with van der Waals surface area (Å²) in [4.78, 5) is 26.6. The lowest BCUT2D eigenvalue weighted by molar-refractivity contribution is -0.128.